The van der Waals surface area contributed by atoms with E-state index in [2.05, 4.69) is 50.4 Å². The summed E-state index contributed by atoms with van der Waals surface area (Å²) in [6.45, 7) is 7.38. The fourth-order valence-corrected chi connectivity index (χ4v) is 3.21. The molecule has 1 N–H and O–H groups in total. The van der Waals surface area contributed by atoms with Gasteiger partial charge in [-0.25, -0.2) is 0 Å². The molecule has 0 aliphatic heterocycles. The number of carbonyl (C=O) groups is 1. The van der Waals surface area contributed by atoms with E-state index in [0.717, 1.165) is 18.7 Å². The van der Waals surface area contributed by atoms with Crippen molar-refractivity contribution in [3.05, 3.63) is 35.4 Å². The number of hydrogen-bond donors (Lipinski definition) is 1. The van der Waals surface area contributed by atoms with Gasteiger partial charge in [-0.3, -0.25) is 4.79 Å². The number of unbranched alkanes of at least 4 members (excludes halogenated alkanes) is 1. The van der Waals surface area contributed by atoms with Crippen LogP contribution in [-0.2, 0) is 10.5 Å². The second-order valence-corrected chi connectivity index (χ2v) is 6.63. The van der Waals surface area contributed by atoms with E-state index in [9.17, 15) is 4.79 Å². The largest absolute Gasteiger partial charge is 0.355 e. The van der Waals surface area contributed by atoms with Gasteiger partial charge in [0.2, 0.25) is 5.91 Å². The molecule has 0 fully saturated rings. The first-order chi connectivity index (χ1) is 10.2. The summed E-state index contributed by atoms with van der Waals surface area (Å²) in [5.41, 5.74) is 2.63. The van der Waals surface area contributed by atoms with Crippen molar-refractivity contribution in [1.29, 1.82) is 0 Å². The number of carbonyl (C=O) groups excluding carboxylic acids is 1. The highest BCUT2D eigenvalue weighted by Crippen LogP contribution is 2.16. The zero-order chi connectivity index (χ0) is 15.5. The van der Waals surface area contributed by atoms with Crippen LogP contribution in [0.4, 0.5) is 0 Å². The molecule has 0 aliphatic rings. The van der Waals surface area contributed by atoms with Crippen LogP contribution in [0.2, 0.25) is 0 Å². The summed E-state index contributed by atoms with van der Waals surface area (Å²) in [5, 5.41) is 3.08. The highest BCUT2D eigenvalue weighted by molar-refractivity contribution is 7.99. The summed E-state index contributed by atoms with van der Waals surface area (Å²) < 4.78 is 0. The quantitative estimate of drug-likeness (QED) is 0.686. The standard InChI is InChI=1S/C18H29NOS/c1-4-6-10-16(5-2)12-19-18(20)14-21-13-17-11-8-7-9-15(17)3/h7-9,11,16H,4-6,10,12-14H2,1-3H3,(H,19,20)/t16-/m1/s1. The third kappa shape index (κ3) is 7.56. The SMILES string of the molecule is CCCC[C@@H](CC)CNC(=O)CSCc1ccccc1C. The minimum Gasteiger partial charge on any atom is -0.355 e. The van der Waals surface area contributed by atoms with Crippen molar-refractivity contribution in [3.8, 4) is 0 Å². The summed E-state index contributed by atoms with van der Waals surface area (Å²) >= 11 is 1.69. The van der Waals surface area contributed by atoms with Crippen LogP contribution in [0.3, 0.4) is 0 Å². The molecular weight excluding hydrogens is 278 g/mol. The monoisotopic (exact) mass is 307 g/mol. The van der Waals surface area contributed by atoms with Crippen molar-refractivity contribution in [2.24, 2.45) is 5.92 Å². The third-order valence-electron chi connectivity index (χ3n) is 3.88. The van der Waals surface area contributed by atoms with Crippen molar-refractivity contribution in [2.75, 3.05) is 12.3 Å². The van der Waals surface area contributed by atoms with E-state index in [4.69, 9.17) is 0 Å². The van der Waals surface area contributed by atoms with Gasteiger partial charge in [0.15, 0.2) is 0 Å². The number of rotatable bonds is 10. The molecule has 0 unspecified atom stereocenters. The van der Waals surface area contributed by atoms with E-state index >= 15 is 0 Å². The van der Waals surface area contributed by atoms with Crippen LogP contribution in [0.5, 0.6) is 0 Å². The van der Waals surface area contributed by atoms with Gasteiger partial charge in [0, 0.05) is 12.3 Å². The van der Waals surface area contributed by atoms with Gasteiger partial charge in [-0.05, 0) is 30.4 Å². The van der Waals surface area contributed by atoms with Crippen molar-refractivity contribution in [1.82, 2.24) is 5.32 Å². The zero-order valence-electron chi connectivity index (χ0n) is 13.7. The highest BCUT2D eigenvalue weighted by Gasteiger charge is 2.08. The Bertz CT molecular complexity index is 419. The van der Waals surface area contributed by atoms with Crippen LogP contribution < -0.4 is 5.32 Å². The lowest BCUT2D eigenvalue weighted by molar-refractivity contribution is -0.118. The number of nitrogens with one attached hydrogen (secondary N) is 1. The summed E-state index contributed by atoms with van der Waals surface area (Å²) in [5.74, 6) is 2.27. The van der Waals surface area contributed by atoms with E-state index in [1.54, 1.807) is 11.8 Å². The molecule has 0 bridgehead atoms. The summed E-state index contributed by atoms with van der Waals surface area (Å²) in [6, 6.07) is 8.37. The van der Waals surface area contributed by atoms with E-state index in [0.29, 0.717) is 11.7 Å². The molecule has 3 heteroatoms. The first-order valence-electron chi connectivity index (χ1n) is 8.06. The van der Waals surface area contributed by atoms with Gasteiger partial charge in [0.05, 0.1) is 5.75 Å². The van der Waals surface area contributed by atoms with Crippen LogP contribution in [0.25, 0.3) is 0 Å². The molecule has 0 spiro atoms. The maximum absolute atomic E-state index is 11.9. The Morgan fingerprint density at radius 2 is 2.05 bits per heavy atom. The fraction of sp³-hybridized carbons (Fsp3) is 0.611. The number of amides is 1. The van der Waals surface area contributed by atoms with Gasteiger partial charge >= 0.3 is 0 Å². The molecule has 0 aromatic heterocycles. The number of hydrogen-bond acceptors (Lipinski definition) is 2. The molecule has 0 aliphatic carbocycles. The Morgan fingerprint density at radius 1 is 1.29 bits per heavy atom. The Balaban J connectivity index is 2.20. The lowest BCUT2D eigenvalue weighted by Crippen LogP contribution is -2.30. The van der Waals surface area contributed by atoms with E-state index in [1.807, 2.05) is 0 Å². The summed E-state index contributed by atoms with van der Waals surface area (Å²) in [4.78, 5) is 11.9. The van der Waals surface area contributed by atoms with Gasteiger partial charge < -0.3 is 5.32 Å². The normalized spacial score (nSPS) is 12.1. The van der Waals surface area contributed by atoms with Gasteiger partial charge in [-0.15, -0.1) is 11.8 Å². The zero-order valence-corrected chi connectivity index (χ0v) is 14.5. The number of aryl methyl sites for hydroxylation is 1. The molecule has 0 saturated carbocycles. The topological polar surface area (TPSA) is 29.1 Å². The Morgan fingerprint density at radius 3 is 2.71 bits per heavy atom. The van der Waals surface area contributed by atoms with Gasteiger partial charge in [0.1, 0.15) is 0 Å². The molecule has 1 aromatic rings. The fourth-order valence-electron chi connectivity index (χ4n) is 2.28. The van der Waals surface area contributed by atoms with Gasteiger partial charge in [-0.2, -0.15) is 0 Å². The molecule has 0 radical (unpaired) electrons. The molecule has 1 atom stereocenters. The van der Waals surface area contributed by atoms with Crippen LogP contribution in [0.1, 0.15) is 50.7 Å². The molecule has 2 nitrogen and oxygen atoms in total. The lowest BCUT2D eigenvalue weighted by Gasteiger charge is -2.15. The molecule has 1 amide bonds. The van der Waals surface area contributed by atoms with E-state index in [1.165, 1.54) is 30.4 Å². The molecule has 0 saturated heterocycles. The molecule has 1 rings (SSSR count). The van der Waals surface area contributed by atoms with Crippen molar-refractivity contribution >= 4 is 17.7 Å². The Hall–Kier alpha value is -0.960. The average molecular weight is 308 g/mol. The lowest BCUT2D eigenvalue weighted by atomic mass is 9.99. The van der Waals surface area contributed by atoms with Crippen LogP contribution in [0, 0.1) is 12.8 Å². The van der Waals surface area contributed by atoms with E-state index < -0.39 is 0 Å². The maximum Gasteiger partial charge on any atom is 0.230 e. The average Bonchev–Trinajstić information content (AvgIpc) is 2.49. The predicted molar refractivity (Wildman–Crippen MR) is 93.7 cm³/mol. The van der Waals surface area contributed by atoms with Gasteiger partial charge in [0.25, 0.3) is 0 Å². The van der Waals surface area contributed by atoms with Crippen molar-refractivity contribution < 1.29 is 4.79 Å². The number of benzene rings is 1. The predicted octanol–water partition coefficient (Wildman–Crippen LogP) is 4.56. The first-order valence-corrected chi connectivity index (χ1v) is 9.21. The minimum atomic E-state index is 0.170. The highest BCUT2D eigenvalue weighted by atomic mass is 32.2. The Kier molecular flexibility index (Phi) is 9.24. The second-order valence-electron chi connectivity index (χ2n) is 5.64. The molecule has 21 heavy (non-hydrogen) atoms. The van der Waals surface area contributed by atoms with Crippen LogP contribution in [-0.4, -0.2) is 18.2 Å². The Labute approximate surface area is 134 Å². The van der Waals surface area contributed by atoms with Gasteiger partial charge in [-0.1, -0.05) is 57.4 Å². The van der Waals surface area contributed by atoms with E-state index in [-0.39, 0.29) is 5.91 Å². The molecule has 118 valence electrons. The molecular formula is C18H29NOS. The third-order valence-corrected chi connectivity index (χ3v) is 4.86. The molecule has 1 aromatic carbocycles. The minimum absolute atomic E-state index is 0.170. The first kappa shape index (κ1) is 18.1. The summed E-state index contributed by atoms with van der Waals surface area (Å²) in [7, 11) is 0. The second kappa shape index (κ2) is 10.7. The van der Waals surface area contributed by atoms with Crippen molar-refractivity contribution in [3.63, 3.8) is 0 Å². The van der Waals surface area contributed by atoms with Crippen molar-refractivity contribution in [2.45, 2.75) is 52.2 Å². The maximum atomic E-state index is 11.9. The molecule has 0 heterocycles. The smallest absolute Gasteiger partial charge is 0.230 e. The van der Waals surface area contributed by atoms with Crippen LogP contribution >= 0.6 is 11.8 Å². The summed E-state index contributed by atoms with van der Waals surface area (Å²) in [6.07, 6.45) is 4.87. The number of thioether (sulfide) groups is 1. The van der Waals surface area contributed by atoms with Crippen LogP contribution in [0.15, 0.2) is 24.3 Å².